The van der Waals surface area contributed by atoms with Crippen molar-refractivity contribution in [2.75, 3.05) is 46.6 Å². The number of hydrogen-bond acceptors (Lipinski definition) is 3. The molecule has 0 atom stereocenters. The lowest BCUT2D eigenvalue weighted by atomic mass is 10.3. The summed E-state index contributed by atoms with van der Waals surface area (Å²) in [6, 6.07) is 0. The third-order valence-corrected chi connectivity index (χ3v) is 3.13. The lowest BCUT2D eigenvalue weighted by molar-refractivity contribution is -0.974. The molecule has 0 aromatic heterocycles. The van der Waals surface area contributed by atoms with Gasteiger partial charge in [-0.15, -0.1) is 6.42 Å². The zero-order valence-electron chi connectivity index (χ0n) is 8.19. The van der Waals surface area contributed by atoms with E-state index < -0.39 is 0 Å². The van der Waals surface area contributed by atoms with E-state index in [1.54, 1.807) is 0 Å². The quantitative estimate of drug-likeness (QED) is 0.352. The molecule has 5 heteroatoms. The van der Waals surface area contributed by atoms with Crippen molar-refractivity contribution in [1.82, 2.24) is 14.7 Å². The molecular weight excluding hydrogens is 244 g/mol. The number of quaternary nitrogens is 1. The molecule has 0 spiro atoms. The molecule has 4 aliphatic heterocycles. The lowest BCUT2D eigenvalue weighted by Gasteiger charge is -2.60. The molecule has 4 fully saturated rings. The monoisotopic (exact) mass is 258 g/mol. The van der Waals surface area contributed by atoms with Crippen LogP contribution in [0.4, 0.5) is 0 Å². The average Bonchev–Trinajstić information content (AvgIpc) is 2.00. The second-order valence-electron chi connectivity index (χ2n) is 4.56. The van der Waals surface area contributed by atoms with Crippen LogP contribution < -0.4 is 17.0 Å². The number of halogens is 1. The Hall–Kier alpha value is -0.120. The fourth-order valence-corrected chi connectivity index (χ4v) is 3.00. The molecule has 0 aromatic rings. The highest BCUT2D eigenvalue weighted by atomic mass is 79.9. The zero-order valence-corrected chi connectivity index (χ0v) is 9.78. The van der Waals surface area contributed by atoms with Crippen molar-refractivity contribution in [3.05, 3.63) is 0 Å². The molecule has 0 aromatic carbocycles. The topological polar surface area (TPSA) is 9.72 Å². The third kappa shape index (κ3) is 1.47. The average molecular weight is 259 g/mol. The molecule has 4 saturated heterocycles. The van der Waals surface area contributed by atoms with Gasteiger partial charge in [-0.3, -0.25) is 4.48 Å². The highest BCUT2D eigenvalue weighted by molar-refractivity contribution is 4.86. The fourth-order valence-electron chi connectivity index (χ4n) is 3.00. The van der Waals surface area contributed by atoms with E-state index in [0.717, 1.165) is 51.0 Å². The first-order valence-corrected chi connectivity index (χ1v) is 4.75. The first-order valence-electron chi connectivity index (χ1n) is 4.75. The largest absolute Gasteiger partial charge is 1.00 e. The summed E-state index contributed by atoms with van der Waals surface area (Å²) in [7, 11) is 0. The van der Waals surface area contributed by atoms with Crippen LogP contribution in [0.25, 0.3) is 0 Å². The number of hydrogen-bond donors (Lipinski definition) is 0. The van der Waals surface area contributed by atoms with Gasteiger partial charge in [-0.2, -0.15) is 0 Å². The van der Waals surface area contributed by atoms with Crippen molar-refractivity contribution in [2.24, 2.45) is 0 Å². The number of nitrogens with zero attached hydrogens (tertiary/aromatic N) is 4. The standard InChI is InChI=1S/C9H15N4.BrH/c1-2-3-13-7-10-4-11(8-13)6-12(5-10)9-13;/h1H,3-9H2;1H/q+1;/p-1. The van der Waals surface area contributed by atoms with Gasteiger partial charge in [0.2, 0.25) is 0 Å². The summed E-state index contributed by atoms with van der Waals surface area (Å²) in [6.07, 6.45) is 5.43. The van der Waals surface area contributed by atoms with Gasteiger partial charge in [-0.05, 0) is 5.92 Å². The summed E-state index contributed by atoms with van der Waals surface area (Å²) < 4.78 is 1.07. The van der Waals surface area contributed by atoms with Gasteiger partial charge >= 0.3 is 0 Å². The molecule has 0 unspecified atom stereocenters. The summed E-state index contributed by atoms with van der Waals surface area (Å²) in [5.74, 6) is 2.82. The van der Waals surface area contributed by atoms with Crippen LogP contribution in [-0.2, 0) is 0 Å². The Balaban J connectivity index is 0.000000750. The van der Waals surface area contributed by atoms with E-state index in [1.165, 1.54) is 0 Å². The predicted molar refractivity (Wildman–Crippen MR) is 48.7 cm³/mol. The van der Waals surface area contributed by atoms with Crippen LogP contribution in [-0.4, -0.2) is 65.7 Å². The van der Waals surface area contributed by atoms with Crippen LogP contribution in [0.1, 0.15) is 0 Å². The second kappa shape index (κ2) is 3.47. The predicted octanol–water partition coefficient (Wildman–Crippen LogP) is -3.87. The van der Waals surface area contributed by atoms with E-state index in [4.69, 9.17) is 6.42 Å². The molecule has 4 aliphatic rings. The smallest absolute Gasteiger partial charge is 0.143 e. The maximum atomic E-state index is 5.43. The van der Waals surface area contributed by atoms with Crippen LogP contribution in [0.5, 0.6) is 0 Å². The normalized spacial score (nSPS) is 48.4. The number of rotatable bonds is 1. The Morgan fingerprint density at radius 3 is 1.79 bits per heavy atom. The zero-order chi connectivity index (χ0) is 8.89. The van der Waals surface area contributed by atoms with Crippen molar-refractivity contribution >= 4 is 0 Å². The first kappa shape index (κ1) is 10.4. The molecule has 0 amide bonds. The summed E-state index contributed by atoms with van der Waals surface area (Å²) in [4.78, 5) is 7.44. The fraction of sp³-hybridized carbons (Fsp3) is 0.778. The maximum absolute atomic E-state index is 5.43. The molecule has 14 heavy (non-hydrogen) atoms. The Kier molecular flexibility index (Phi) is 2.58. The lowest BCUT2D eigenvalue weighted by Crippen LogP contribution is -3.00. The molecule has 0 N–H and O–H groups in total. The molecule has 0 saturated carbocycles. The van der Waals surface area contributed by atoms with Crippen molar-refractivity contribution in [2.45, 2.75) is 0 Å². The van der Waals surface area contributed by atoms with E-state index in [1.807, 2.05) is 0 Å². The summed E-state index contributed by atoms with van der Waals surface area (Å²) in [6.45, 7) is 7.75. The van der Waals surface area contributed by atoms with Crippen molar-refractivity contribution in [1.29, 1.82) is 0 Å². The molecule has 4 heterocycles. The minimum absolute atomic E-state index is 0. The van der Waals surface area contributed by atoms with E-state index in [0.29, 0.717) is 0 Å². The van der Waals surface area contributed by atoms with Gasteiger partial charge in [0.15, 0.2) is 0 Å². The number of terminal acetylenes is 1. The van der Waals surface area contributed by atoms with Crippen molar-refractivity contribution < 1.29 is 21.5 Å². The van der Waals surface area contributed by atoms with Gasteiger partial charge in [0, 0.05) is 0 Å². The molecule has 4 bridgehead atoms. The van der Waals surface area contributed by atoms with Crippen LogP contribution in [0.3, 0.4) is 0 Å². The van der Waals surface area contributed by atoms with Crippen LogP contribution in [0.15, 0.2) is 0 Å². The third-order valence-electron chi connectivity index (χ3n) is 3.13. The van der Waals surface area contributed by atoms with Gasteiger partial charge in [-0.25, -0.2) is 14.7 Å². The summed E-state index contributed by atoms with van der Waals surface area (Å²) >= 11 is 0. The molecule has 4 rings (SSSR count). The summed E-state index contributed by atoms with van der Waals surface area (Å²) in [5, 5.41) is 0. The van der Waals surface area contributed by atoms with Crippen LogP contribution in [0, 0.1) is 12.3 Å². The molecule has 0 aliphatic carbocycles. The molecule has 4 nitrogen and oxygen atoms in total. The Bertz CT molecular complexity index is 237. The Morgan fingerprint density at radius 2 is 1.43 bits per heavy atom. The highest BCUT2D eigenvalue weighted by Gasteiger charge is 2.47. The second-order valence-corrected chi connectivity index (χ2v) is 4.56. The first-order chi connectivity index (χ1) is 6.30. The van der Waals surface area contributed by atoms with Gasteiger partial charge < -0.3 is 17.0 Å². The highest BCUT2D eigenvalue weighted by Crippen LogP contribution is 2.27. The van der Waals surface area contributed by atoms with E-state index in [2.05, 4.69) is 20.6 Å². The van der Waals surface area contributed by atoms with Gasteiger partial charge in [0.1, 0.15) is 26.6 Å². The van der Waals surface area contributed by atoms with Crippen LogP contribution >= 0.6 is 0 Å². The van der Waals surface area contributed by atoms with E-state index in [-0.39, 0.29) is 17.0 Å². The van der Waals surface area contributed by atoms with Crippen molar-refractivity contribution in [3.8, 4) is 12.3 Å². The van der Waals surface area contributed by atoms with Gasteiger partial charge in [-0.1, -0.05) is 0 Å². The minimum atomic E-state index is 0. The van der Waals surface area contributed by atoms with Gasteiger partial charge in [0.05, 0.1) is 20.0 Å². The summed E-state index contributed by atoms with van der Waals surface area (Å²) in [5.41, 5.74) is 0. The Labute approximate surface area is 95.4 Å². The minimum Gasteiger partial charge on any atom is -1.00 e. The molecule has 78 valence electrons. The van der Waals surface area contributed by atoms with E-state index in [9.17, 15) is 0 Å². The van der Waals surface area contributed by atoms with Crippen molar-refractivity contribution in [3.63, 3.8) is 0 Å². The van der Waals surface area contributed by atoms with Crippen LogP contribution in [0.2, 0.25) is 0 Å². The molecular formula is C9H15BrN4. The SMILES string of the molecule is C#CC[N+]12CN3CN(CN(C3)C1)C2.[Br-]. The van der Waals surface area contributed by atoms with E-state index >= 15 is 0 Å². The Morgan fingerprint density at radius 1 is 1.00 bits per heavy atom. The maximum Gasteiger partial charge on any atom is 0.143 e. The molecule has 0 radical (unpaired) electrons. The van der Waals surface area contributed by atoms with Gasteiger partial charge in [0.25, 0.3) is 0 Å².